The Bertz CT molecular complexity index is 370. The fraction of sp³-hybridized carbons (Fsp3) is 0.500. The van der Waals surface area contributed by atoms with Gasteiger partial charge in [-0.3, -0.25) is 0 Å². The van der Waals surface area contributed by atoms with Gasteiger partial charge in [-0.05, 0) is 31.4 Å². The molecule has 2 unspecified atom stereocenters. The predicted molar refractivity (Wildman–Crippen MR) is 67.2 cm³/mol. The van der Waals surface area contributed by atoms with Gasteiger partial charge in [0, 0.05) is 18.2 Å². The molecule has 3 N–H and O–H groups in total. The first-order valence-corrected chi connectivity index (χ1v) is 5.94. The molecule has 3 nitrogen and oxygen atoms in total. The Morgan fingerprint density at radius 1 is 1.44 bits per heavy atom. The molecule has 0 saturated heterocycles. The number of halogens is 1. The van der Waals surface area contributed by atoms with Crippen LogP contribution in [0.25, 0.3) is 0 Å². The number of rotatable bonds is 3. The Hall–Kier alpha value is -0.930. The van der Waals surface area contributed by atoms with Crippen molar-refractivity contribution < 1.29 is 4.74 Å². The second-order valence-electron chi connectivity index (χ2n) is 4.19. The number of nitrogens with two attached hydrogens (primary N) is 1. The zero-order valence-corrected chi connectivity index (χ0v) is 10.1. The normalized spacial score (nSPS) is 24.4. The van der Waals surface area contributed by atoms with E-state index in [9.17, 15) is 0 Å². The maximum atomic E-state index is 6.15. The van der Waals surface area contributed by atoms with Crippen molar-refractivity contribution in [2.75, 3.05) is 12.4 Å². The molecule has 0 heterocycles. The lowest BCUT2D eigenvalue weighted by atomic mass is 10.1. The Labute approximate surface area is 101 Å². The summed E-state index contributed by atoms with van der Waals surface area (Å²) in [4.78, 5) is 0. The van der Waals surface area contributed by atoms with E-state index in [1.165, 1.54) is 6.42 Å². The minimum atomic E-state index is 0.234. The summed E-state index contributed by atoms with van der Waals surface area (Å²) in [6.07, 6.45) is 3.39. The molecule has 1 aliphatic rings. The summed E-state index contributed by atoms with van der Waals surface area (Å²) in [7, 11) is 1.63. The fourth-order valence-corrected chi connectivity index (χ4v) is 2.33. The monoisotopic (exact) mass is 240 g/mol. The summed E-state index contributed by atoms with van der Waals surface area (Å²) >= 11 is 6.15. The van der Waals surface area contributed by atoms with E-state index < -0.39 is 0 Å². The van der Waals surface area contributed by atoms with Crippen LogP contribution in [-0.2, 0) is 0 Å². The van der Waals surface area contributed by atoms with Gasteiger partial charge in [-0.15, -0.1) is 0 Å². The molecular formula is C12H17ClN2O. The van der Waals surface area contributed by atoms with E-state index in [0.29, 0.717) is 11.1 Å². The molecule has 2 rings (SSSR count). The SMILES string of the molecule is COc1ccc(NC2CCCC2N)c(Cl)c1. The molecule has 0 aromatic heterocycles. The fourth-order valence-electron chi connectivity index (χ4n) is 2.11. The van der Waals surface area contributed by atoms with Crippen LogP contribution in [0.2, 0.25) is 5.02 Å². The Kier molecular flexibility index (Phi) is 3.56. The molecule has 0 spiro atoms. The molecule has 0 amide bonds. The highest BCUT2D eigenvalue weighted by atomic mass is 35.5. The lowest BCUT2D eigenvalue weighted by molar-refractivity contribution is 0.415. The molecule has 4 heteroatoms. The van der Waals surface area contributed by atoms with Crippen LogP contribution in [0.4, 0.5) is 5.69 Å². The van der Waals surface area contributed by atoms with Crippen LogP contribution in [0.5, 0.6) is 5.75 Å². The maximum absolute atomic E-state index is 6.15. The van der Waals surface area contributed by atoms with E-state index in [0.717, 1.165) is 24.3 Å². The maximum Gasteiger partial charge on any atom is 0.120 e. The van der Waals surface area contributed by atoms with Crippen molar-refractivity contribution in [3.63, 3.8) is 0 Å². The minimum Gasteiger partial charge on any atom is -0.497 e. The van der Waals surface area contributed by atoms with Crippen molar-refractivity contribution in [2.45, 2.75) is 31.3 Å². The second kappa shape index (κ2) is 4.93. The van der Waals surface area contributed by atoms with Crippen molar-refractivity contribution in [1.82, 2.24) is 0 Å². The zero-order chi connectivity index (χ0) is 11.5. The number of methoxy groups -OCH3 is 1. The van der Waals surface area contributed by atoms with Crippen LogP contribution in [-0.4, -0.2) is 19.2 Å². The minimum absolute atomic E-state index is 0.234. The third-order valence-corrected chi connectivity index (χ3v) is 3.40. The number of nitrogens with one attached hydrogen (secondary N) is 1. The molecular weight excluding hydrogens is 224 g/mol. The quantitative estimate of drug-likeness (QED) is 0.854. The van der Waals surface area contributed by atoms with Crippen molar-refractivity contribution in [3.8, 4) is 5.75 Å². The van der Waals surface area contributed by atoms with Gasteiger partial charge in [0.25, 0.3) is 0 Å². The van der Waals surface area contributed by atoms with Crippen molar-refractivity contribution >= 4 is 17.3 Å². The van der Waals surface area contributed by atoms with Crippen LogP contribution in [0, 0.1) is 0 Å². The lowest BCUT2D eigenvalue weighted by Gasteiger charge is -2.19. The summed E-state index contributed by atoms with van der Waals surface area (Å²) in [5, 5.41) is 4.08. The van der Waals surface area contributed by atoms with Gasteiger partial charge in [-0.25, -0.2) is 0 Å². The molecule has 2 atom stereocenters. The van der Waals surface area contributed by atoms with Gasteiger partial charge in [0.2, 0.25) is 0 Å². The molecule has 0 aliphatic heterocycles. The van der Waals surface area contributed by atoms with Crippen molar-refractivity contribution in [3.05, 3.63) is 23.2 Å². The number of anilines is 1. The van der Waals surface area contributed by atoms with Crippen LogP contribution in [0.3, 0.4) is 0 Å². The van der Waals surface area contributed by atoms with Gasteiger partial charge in [0.15, 0.2) is 0 Å². The number of hydrogen-bond acceptors (Lipinski definition) is 3. The molecule has 0 bridgehead atoms. The Morgan fingerprint density at radius 3 is 2.81 bits per heavy atom. The van der Waals surface area contributed by atoms with E-state index >= 15 is 0 Å². The highest BCUT2D eigenvalue weighted by Crippen LogP contribution is 2.29. The average Bonchev–Trinajstić information content (AvgIpc) is 2.67. The van der Waals surface area contributed by atoms with Crippen LogP contribution < -0.4 is 15.8 Å². The first-order valence-electron chi connectivity index (χ1n) is 5.56. The Morgan fingerprint density at radius 2 is 2.25 bits per heavy atom. The van der Waals surface area contributed by atoms with Crippen molar-refractivity contribution in [2.24, 2.45) is 5.73 Å². The molecule has 1 aromatic carbocycles. The number of benzene rings is 1. The Balaban J connectivity index is 2.09. The van der Waals surface area contributed by atoms with E-state index in [4.69, 9.17) is 22.1 Å². The van der Waals surface area contributed by atoms with Crippen LogP contribution in [0.1, 0.15) is 19.3 Å². The first-order chi connectivity index (χ1) is 7.70. The third-order valence-electron chi connectivity index (χ3n) is 3.09. The molecule has 1 fully saturated rings. The van der Waals surface area contributed by atoms with Gasteiger partial charge < -0.3 is 15.8 Å². The van der Waals surface area contributed by atoms with E-state index in [1.54, 1.807) is 7.11 Å². The van der Waals surface area contributed by atoms with Gasteiger partial charge in [0.05, 0.1) is 17.8 Å². The zero-order valence-electron chi connectivity index (χ0n) is 9.37. The summed E-state index contributed by atoms with van der Waals surface area (Å²) in [6.45, 7) is 0. The smallest absolute Gasteiger partial charge is 0.120 e. The van der Waals surface area contributed by atoms with E-state index in [1.807, 2.05) is 18.2 Å². The standard InChI is InChI=1S/C12H17ClN2O/c1-16-8-5-6-11(9(13)7-8)15-12-4-2-3-10(12)14/h5-7,10,12,15H,2-4,14H2,1H3. The van der Waals surface area contributed by atoms with Gasteiger partial charge in [-0.1, -0.05) is 11.6 Å². The molecule has 1 saturated carbocycles. The number of hydrogen-bond donors (Lipinski definition) is 2. The predicted octanol–water partition coefficient (Wildman–Crippen LogP) is 2.64. The largest absolute Gasteiger partial charge is 0.497 e. The van der Waals surface area contributed by atoms with E-state index in [2.05, 4.69) is 5.32 Å². The molecule has 1 aromatic rings. The summed E-state index contributed by atoms with van der Waals surface area (Å²) in [5.74, 6) is 0.770. The highest BCUT2D eigenvalue weighted by Gasteiger charge is 2.24. The first kappa shape index (κ1) is 11.6. The topological polar surface area (TPSA) is 47.3 Å². The average molecular weight is 241 g/mol. The summed E-state index contributed by atoms with van der Waals surface area (Å²) in [6, 6.07) is 6.22. The van der Waals surface area contributed by atoms with Gasteiger partial charge in [0.1, 0.15) is 5.75 Å². The molecule has 16 heavy (non-hydrogen) atoms. The lowest BCUT2D eigenvalue weighted by Crippen LogP contribution is -2.35. The van der Waals surface area contributed by atoms with Gasteiger partial charge in [-0.2, -0.15) is 0 Å². The molecule has 1 aliphatic carbocycles. The van der Waals surface area contributed by atoms with Crippen molar-refractivity contribution in [1.29, 1.82) is 0 Å². The molecule has 0 radical (unpaired) electrons. The highest BCUT2D eigenvalue weighted by molar-refractivity contribution is 6.33. The summed E-state index contributed by atoms with van der Waals surface area (Å²) in [5.41, 5.74) is 6.94. The van der Waals surface area contributed by atoms with Crippen LogP contribution >= 0.6 is 11.6 Å². The third kappa shape index (κ3) is 2.42. The van der Waals surface area contributed by atoms with Gasteiger partial charge >= 0.3 is 0 Å². The van der Waals surface area contributed by atoms with Crippen LogP contribution in [0.15, 0.2) is 18.2 Å². The second-order valence-corrected chi connectivity index (χ2v) is 4.60. The summed E-state index contributed by atoms with van der Waals surface area (Å²) < 4.78 is 5.10. The van der Waals surface area contributed by atoms with E-state index in [-0.39, 0.29) is 6.04 Å². The number of ether oxygens (including phenoxy) is 1. The molecule has 88 valence electrons.